The highest BCUT2D eigenvalue weighted by molar-refractivity contribution is 6.06. The Morgan fingerprint density at radius 1 is 1.06 bits per heavy atom. The van der Waals surface area contributed by atoms with Gasteiger partial charge in [-0.15, -0.1) is 0 Å². The molecule has 0 aliphatic heterocycles. The van der Waals surface area contributed by atoms with Crippen molar-refractivity contribution in [1.82, 2.24) is 29.5 Å². The summed E-state index contributed by atoms with van der Waals surface area (Å²) in [5.74, 6) is -0.240. The van der Waals surface area contributed by atoms with Crippen molar-refractivity contribution in [2.75, 3.05) is 5.32 Å². The standard InChI is InChI=1S/C27H27N7O/c1-7-23(35)30-25-15(2)8-9-20(16(25)3)24-21-10-18(22-14-34(6)32-17(22)4)11-28-27(21)31-26(24)19-12-29-33(5)13-19/h7-14H,1H2,2-6H3,(H,28,31)(H,30,35). The summed E-state index contributed by atoms with van der Waals surface area (Å²) in [5, 5.41) is 12.8. The fourth-order valence-electron chi connectivity index (χ4n) is 4.63. The molecular formula is C27H27N7O. The van der Waals surface area contributed by atoms with Crippen LogP contribution in [0.15, 0.2) is 55.6 Å². The fourth-order valence-corrected chi connectivity index (χ4v) is 4.63. The number of aromatic nitrogens is 6. The number of anilines is 1. The summed E-state index contributed by atoms with van der Waals surface area (Å²) in [6.07, 6.45) is 8.98. The van der Waals surface area contributed by atoms with Crippen LogP contribution in [0.1, 0.15) is 16.8 Å². The van der Waals surface area contributed by atoms with Crippen LogP contribution in [0, 0.1) is 20.8 Å². The average Bonchev–Trinajstić information content (AvgIpc) is 3.52. The molecule has 0 aliphatic rings. The van der Waals surface area contributed by atoms with Crippen molar-refractivity contribution < 1.29 is 4.79 Å². The molecule has 35 heavy (non-hydrogen) atoms. The minimum absolute atomic E-state index is 0.240. The van der Waals surface area contributed by atoms with E-state index in [1.807, 2.05) is 70.4 Å². The molecule has 0 bridgehead atoms. The Balaban J connectivity index is 1.81. The molecular weight excluding hydrogens is 438 g/mol. The maximum atomic E-state index is 12.2. The number of aromatic amines is 1. The van der Waals surface area contributed by atoms with E-state index in [-0.39, 0.29) is 5.91 Å². The van der Waals surface area contributed by atoms with Gasteiger partial charge in [-0.1, -0.05) is 18.7 Å². The number of carbonyl (C=O) groups excluding carboxylic acids is 1. The van der Waals surface area contributed by atoms with Gasteiger partial charge in [0.1, 0.15) is 5.65 Å². The lowest BCUT2D eigenvalue weighted by Gasteiger charge is -2.16. The molecule has 0 radical (unpaired) electrons. The molecule has 0 fully saturated rings. The van der Waals surface area contributed by atoms with Crippen LogP contribution in [0.25, 0.3) is 44.5 Å². The lowest BCUT2D eigenvalue weighted by molar-refractivity contribution is -0.111. The third-order valence-electron chi connectivity index (χ3n) is 6.34. The van der Waals surface area contributed by atoms with Crippen LogP contribution in [0.2, 0.25) is 0 Å². The third kappa shape index (κ3) is 3.82. The fraction of sp³-hybridized carbons (Fsp3) is 0.185. The largest absolute Gasteiger partial charge is 0.339 e. The van der Waals surface area contributed by atoms with Gasteiger partial charge in [-0.2, -0.15) is 10.2 Å². The molecule has 4 heterocycles. The predicted octanol–water partition coefficient (Wildman–Crippen LogP) is 5.08. The Bertz CT molecular complexity index is 1620. The monoisotopic (exact) mass is 465 g/mol. The van der Waals surface area contributed by atoms with E-state index in [9.17, 15) is 4.79 Å². The zero-order valence-electron chi connectivity index (χ0n) is 20.5. The summed E-state index contributed by atoms with van der Waals surface area (Å²) in [7, 11) is 3.81. The number of nitrogens with one attached hydrogen (secondary N) is 2. The molecule has 0 spiro atoms. The molecule has 0 saturated heterocycles. The first kappa shape index (κ1) is 22.3. The first-order chi connectivity index (χ1) is 16.8. The number of aryl methyl sites for hydroxylation is 4. The first-order valence-electron chi connectivity index (χ1n) is 11.3. The van der Waals surface area contributed by atoms with E-state index in [1.165, 1.54) is 6.08 Å². The van der Waals surface area contributed by atoms with Crippen molar-refractivity contribution in [2.45, 2.75) is 20.8 Å². The summed E-state index contributed by atoms with van der Waals surface area (Å²) < 4.78 is 3.59. The minimum atomic E-state index is -0.240. The second-order valence-electron chi connectivity index (χ2n) is 8.82. The Hall–Kier alpha value is -4.46. The molecule has 5 rings (SSSR count). The highest BCUT2D eigenvalue weighted by Gasteiger charge is 2.21. The second-order valence-corrected chi connectivity index (χ2v) is 8.82. The third-order valence-corrected chi connectivity index (χ3v) is 6.34. The van der Waals surface area contributed by atoms with Gasteiger partial charge in [0.25, 0.3) is 0 Å². The highest BCUT2D eigenvalue weighted by atomic mass is 16.1. The first-order valence-corrected chi connectivity index (χ1v) is 11.3. The van der Waals surface area contributed by atoms with E-state index in [1.54, 1.807) is 4.68 Å². The van der Waals surface area contributed by atoms with Crippen molar-refractivity contribution in [1.29, 1.82) is 0 Å². The normalized spacial score (nSPS) is 11.2. The number of pyridine rings is 1. The molecule has 5 aromatic rings. The van der Waals surface area contributed by atoms with Crippen molar-refractivity contribution in [3.63, 3.8) is 0 Å². The molecule has 8 heteroatoms. The molecule has 0 unspecified atom stereocenters. The number of rotatable bonds is 5. The lowest BCUT2D eigenvalue weighted by Crippen LogP contribution is -2.10. The van der Waals surface area contributed by atoms with Crippen LogP contribution < -0.4 is 5.32 Å². The Labute approximate surface area is 203 Å². The van der Waals surface area contributed by atoms with Gasteiger partial charge in [0.2, 0.25) is 5.91 Å². The number of benzene rings is 1. The van der Waals surface area contributed by atoms with Gasteiger partial charge in [0, 0.05) is 66.0 Å². The zero-order valence-corrected chi connectivity index (χ0v) is 20.5. The van der Waals surface area contributed by atoms with Crippen LogP contribution in [0.4, 0.5) is 5.69 Å². The van der Waals surface area contributed by atoms with Gasteiger partial charge >= 0.3 is 0 Å². The molecule has 0 saturated carbocycles. The second kappa shape index (κ2) is 8.39. The molecule has 0 atom stereocenters. The quantitative estimate of drug-likeness (QED) is 0.354. The average molecular weight is 466 g/mol. The van der Waals surface area contributed by atoms with E-state index in [0.29, 0.717) is 0 Å². The van der Waals surface area contributed by atoms with E-state index in [4.69, 9.17) is 4.98 Å². The highest BCUT2D eigenvalue weighted by Crippen LogP contribution is 2.42. The van der Waals surface area contributed by atoms with Crippen molar-refractivity contribution in [3.05, 3.63) is 72.5 Å². The van der Waals surface area contributed by atoms with E-state index in [0.717, 1.165) is 67.1 Å². The molecule has 2 N–H and O–H groups in total. The number of carbonyl (C=O) groups is 1. The van der Waals surface area contributed by atoms with Crippen LogP contribution in [-0.2, 0) is 18.9 Å². The molecule has 176 valence electrons. The molecule has 0 aliphatic carbocycles. The number of nitrogens with zero attached hydrogens (tertiary/aromatic N) is 5. The molecule has 1 aromatic carbocycles. The van der Waals surface area contributed by atoms with Gasteiger partial charge in [0.05, 0.1) is 17.6 Å². The summed E-state index contributed by atoms with van der Waals surface area (Å²) in [4.78, 5) is 20.4. The topological polar surface area (TPSA) is 93.4 Å². The van der Waals surface area contributed by atoms with Crippen molar-refractivity contribution in [3.8, 4) is 33.5 Å². The van der Waals surface area contributed by atoms with Crippen LogP contribution in [0.5, 0.6) is 0 Å². The number of amides is 1. The maximum Gasteiger partial charge on any atom is 0.247 e. The van der Waals surface area contributed by atoms with Crippen molar-refractivity contribution >= 4 is 22.6 Å². The minimum Gasteiger partial charge on any atom is -0.339 e. The van der Waals surface area contributed by atoms with Gasteiger partial charge in [-0.25, -0.2) is 4.98 Å². The lowest BCUT2D eigenvalue weighted by atomic mass is 9.93. The predicted molar refractivity (Wildman–Crippen MR) is 139 cm³/mol. The van der Waals surface area contributed by atoms with Gasteiger partial charge in [-0.05, 0) is 49.6 Å². The SMILES string of the molecule is C=CC(=O)Nc1c(C)ccc(-c2c(-c3cnn(C)c3)[nH]c3ncc(-c4cn(C)nc4C)cc23)c1C. The number of hydrogen-bond donors (Lipinski definition) is 2. The van der Waals surface area contributed by atoms with Crippen LogP contribution >= 0.6 is 0 Å². The molecule has 1 amide bonds. The summed E-state index contributed by atoms with van der Waals surface area (Å²) in [5.41, 5.74) is 10.4. The summed E-state index contributed by atoms with van der Waals surface area (Å²) in [6.45, 7) is 9.60. The van der Waals surface area contributed by atoms with Crippen molar-refractivity contribution in [2.24, 2.45) is 14.1 Å². The number of hydrogen-bond acceptors (Lipinski definition) is 4. The number of fused-ring (bicyclic) bond motifs is 1. The van der Waals surface area contributed by atoms with E-state index in [2.05, 4.69) is 39.2 Å². The summed E-state index contributed by atoms with van der Waals surface area (Å²) >= 11 is 0. The Morgan fingerprint density at radius 2 is 1.86 bits per heavy atom. The van der Waals surface area contributed by atoms with Gasteiger partial charge in [0.15, 0.2) is 0 Å². The number of H-pyrrole nitrogens is 1. The molecule has 8 nitrogen and oxygen atoms in total. The molecule has 4 aromatic heterocycles. The van der Waals surface area contributed by atoms with E-state index < -0.39 is 0 Å². The van der Waals surface area contributed by atoms with Crippen LogP contribution in [0.3, 0.4) is 0 Å². The maximum absolute atomic E-state index is 12.2. The Morgan fingerprint density at radius 3 is 2.51 bits per heavy atom. The zero-order chi connectivity index (χ0) is 24.9. The van der Waals surface area contributed by atoms with E-state index >= 15 is 0 Å². The Kier molecular flexibility index (Phi) is 5.36. The van der Waals surface area contributed by atoms with Gasteiger partial charge in [-0.3, -0.25) is 14.2 Å². The smallest absolute Gasteiger partial charge is 0.247 e. The van der Waals surface area contributed by atoms with Crippen LogP contribution in [-0.4, -0.2) is 35.4 Å². The van der Waals surface area contributed by atoms with Gasteiger partial charge < -0.3 is 10.3 Å². The summed E-state index contributed by atoms with van der Waals surface area (Å²) in [6, 6.07) is 6.27.